The minimum absolute atomic E-state index is 0.0715. The highest BCUT2D eigenvalue weighted by Crippen LogP contribution is 2.33. The van der Waals surface area contributed by atoms with Crippen LogP contribution in [0.2, 0.25) is 0 Å². The van der Waals surface area contributed by atoms with E-state index >= 15 is 0 Å². The Hall–Kier alpha value is -1.79. The van der Waals surface area contributed by atoms with Gasteiger partial charge in [0.1, 0.15) is 0 Å². The zero-order valence-corrected chi connectivity index (χ0v) is 16.2. The van der Waals surface area contributed by atoms with Gasteiger partial charge in [0.2, 0.25) is 0 Å². The van der Waals surface area contributed by atoms with Crippen molar-refractivity contribution in [2.75, 3.05) is 62.3 Å². The number of ether oxygens (including phenoxy) is 1. The Morgan fingerprint density at radius 3 is 2.48 bits per heavy atom. The Kier molecular flexibility index (Phi) is 6.14. The lowest BCUT2D eigenvalue weighted by Crippen LogP contribution is -2.52. The van der Waals surface area contributed by atoms with Gasteiger partial charge in [-0.05, 0) is 25.0 Å². The summed E-state index contributed by atoms with van der Waals surface area (Å²) in [6.45, 7) is 7.40. The van der Waals surface area contributed by atoms with Crippen molar-refractivity contribution in [3.05, 3.63) is 24.3 Å². The third-order valence-corrected chi connectivity index (χ3v) is 6.07. The minimum atomic E-state index is 0.0715. The first-order valence-corrected chi connectivity index (χ1v) is 10.5. The number of benzene rings is 1. The lowest BCUT2D eigenvalue weighted by Gasteiger charge is -2.39. The van der Waals surface area contributed by atoms with Crippen molar-refractivity contribution >= 4 is 17.4 Å². The molecule has 2 heterocycles. The molecular formula is C21H32N4O2. The summed E-state index contributed by atoms with van der Waals surface area (Å²) in [4.78, 5) is 19.7. The van der Waals surface area contributed by atoms with E-state index in [0.717, 1.165) is 71.0 Å². The first kappa shape index (κ1) is 18.6. The average Bonchev–Trinajstić information content (AvgIpc) is 2.73. The van der Waals surface area contributed by atoms with E-state index in [4.69, 9.17) is 4.74 Å². The van der Waals surface area contributed by atoms with E-state index in [1.54, 1.807) is 0 Å². The van der Waals surface area contributed by atoms with Crippen LogP contribution in [0.25, 0.3) is 0 Å². The fourth-order valence-electron chi connectivity index (χ4n) is 4.45. The SMILES string of the molecule is O=C(NC1CCCCC1)N1CCN(CCN2CCOCC2)c2ccccc21. The molecule has 2 amide bonds. The molecule has 4 rings (SSSR count). The second-order valence-electron chi connectivity index (χ2n) is 7.87. The summed E-state index contributed by atoms with van der Waals surface area (Å²) >= 11 is 0. The van der Waals surface area contributed by atoms with Gasteiger partial charge in [0, 0.05) is 45.3 Å². The molecule has 0 atom stereocenters. The molecule has 3 aliphatic rings. The van der Waals surface area contributed by atoms with Gasteiger partial charge in [-0.1, -0.05) is 31.4 Å². The highest BCUT2D eigenvalue weighted by atomic mass is 16.5. The smallest absolute Gasteiger partial charge is 0.322 e. The van der Waals surface area contributed by atoms with E-state index in [0.29, 0.717) is 6.04 Å². The Bertz CT molecular complexity index is 626. The number of anilines is 2. The largest absolute Gasteiger partial charge is 0.379 e. The molecule has 1 saturated carbocycles. The van der Waals surface area contributed by atoms with Crippen molar-refractivity contribution in [1.29, 1.82) is 0 Å². The fourth-order valence-corrected chi connectivity index (χ4v) is 4.45. The average molecular weight is 373 g/mol. The van der Waals surface area contributed by atoms with Crippen molar-refractivity contribution in [3.63, 3.8) is 0 Å². The summed E-state index contributed by atoms with van der Waals surface area (Å²) in [5.74, 6) is 0. The minimum Gasteiger partial charge on any atom is -0.379 e. The summed E-state index contributed by atoms with van der Waals surface area (Å²) in [5, 5.41) is 3.27. The summed E-state index contributed by atoms with van der Waals surface area (Å²) in [7, 11) is 0. The van der Waals surface area contributed by atoms with Crippen LogP contribution in [0.5, 0.6) is 0 Å². The van der Waals surface area contributed by atoms with E-state index in [-0.39, 0.29) is 6.03 Å². The van der Waals surface area contributed by atoms with Gasteiger partial charge in [-0.25, -0.2) is 4.79 Å². The molecule has 0 bridgehead atoms. The van der Waals surface area contributed by atoms with Crippen LogP contribution in [-0.4, -0.2) is 69.5 Å². The quantitative estimate of drug-likeness (QED) is 0.883. The van der Waals surface area contributed by atoms with E-state index in [1.807, 2.05) is 11.0 Å². The summed E-state index contributed by atoms with van der Waals surface area (Å²) in [6, 6.07) is 8.75. The third-order valence-electron chi connectivity index (χ3n) is 6.07. The summed E-state index contributed by atoms with van der Waals surface area (Å²) < 4.78 is 5.44. The summed E-state index contributed by atoms with van der Waals surface area (Å²) in [5.41, 5.74) is 2.22. The van der Waals surface area contributed by atoms with Gasteiger partial charge in [-0.15, -0.1) is 0 Å². The first-order valence-electron chi connectivity index (χ1n) is 10.5. The number of carbonyl (C=O) groups excluding carboxylic acids is 1. The molecule has 1 saturated heterocycles. The van der Waals surface area contributed by atoms with Crippen molar-refractivity contribution in [2.24, 2.45) is 0 Å². The van der Waals surface area contributed by atoms with Crippen LogP contribution >= 0.6 is 0 Å². The molecule has 0 spiro atoms. The monoisotopic (exact) mass is 372 g/mol. The highest BCUT2D eigenvalue weighted by molar-refractivity contribution is 5.97. The maximum Gasteiger partial charge on any atom is 0.322 e. The van der Waals surface area contributed by atoms with Gasteiger partial charge < -0.3 is 15.0 Å². The molecule has 6 heteroatoms. The second-order valence-corrected chi connectivity index (χ2v) is 7.87. The maximum atomic E-state index is 12.9. The Balaban J connectivity index is 1.40. The molecule has 0 radical (unpaired) electrons. The molecule has 1 aromatic rings. The van der Waals surface area contributed by atoms with E-state index in [2.05, 4.69) is 33.3 Å². The van der Waals surface area contributed by atoms with Gasteiger partial charge in [0.25, 0.3) is 0 Å². The molecule has 0 unspecified atom stereocenters. The first-order chi connectivity index (χ1) is 13.3. The normalized spacial score (nSPS) is 21.8. The van der Waals surface area contributed by atoms with Crippen LogP contribution in [0.15, 0.2) is 24.3 Å². The van der Waals surface area contributed by atoms with Gasteiger partial charge in [0.15, 0.2) is 0 Å². The fraction of sp³-hybridized carbons (Fsp3) is 0.667. The van der Waals surface area contributed by atoms with Crippen molar-refractivity contribution in [1.82, 2.24) is 10.2 Å². The van der Waals surface area contributed by atoms with Crippen molar-refractivity contribution in [3.8, 4) is 0 Å². The Labute approximate surface area is 162 Å². The van der Waals surface area contributed by atoms with Crippen LogP contribution in [0.4, 0.5) is 16.2 Å². The number of carbonyl (C=O) groups is 1. The summed E-state index contributed by atoms with van der Waals surface area (Å²) in [6.07, 6.45) is 6.00. The topological polar surface area (TPSA) is 48.1 Å². The van der Waals surface area contributed by atoms with E-state index in [1.165, 1.54) is 24.9 Å². The molecular weight excluding hydrogens is 340 g/mol. The molecule has 1 aliphatic carbocycles. The Morgan fingerprint density at radius 2 is 1.70 bits per heavy atom. The predicted octanol–water partition coefficient (Wildman–Crippen LogP) is 2.69. The van der Waals surface area contributed by atoms with Gasteiger partial charge in [-0.3, -0.25) is 9.80 Å². The molecule has 148 valence electrons. The van der Waals surface area contributed by atoms with Gasteiger partial charge >= 0.3 is 6.03 Å². The predicted molar refractivity (Wildman–Crippen MR) is 109 cm³/mol. The zero-order valence-electron chi connectivity index (χ0n) is 16.2. The van der Waals surface area contributed by atoms with Crippen LogP contribution in [0.3, 0.4) is 0 Å². The number of hydrogen-bond acceptors (Lipinski definition) is 4. The molecule has 27 heavy (non-hydrogen) atoms. The molecule has 0 aromatic heterocycles. The molecule has 1 N–H and O–H groups in total. The number of para-hydroxylation sites is 2. The number of hydrogen-bond donors (Lipinski definition) is 1. The molecule has 6 nitrogen and oxygen atoms in total. The van der Waals surface area contributed by atoms with Crippen LogP contribution in [0.1, 0.15) is 32.1 Å². The number of fused-ring (bicyclic) bond motifs is 1. The number of nitrogens with zero attached hydrogens (tertiary/aromatic N) is 3. The number of nitrogens with one attached hydrogen (secondary N) is 1. The van der Waals surface area contributed by atoms with Crippen molar-refractivity contribution in [2.45, 2.75) is 38.1 Å². The second kappa shape index (κ2) is 8.93. The van der Waals surface area contributed by atoms with Crippen LogP contribution < -0.4 is 15.1 Å². The van der Waals surface area contributed by atoms with Gasteiger partial charge in [0.05, 0.1) is 24.6 Å². The van der Waals surface area contributed by atoms with E-state index < -0.39 is 0 Å². The number of rotatable bonds is 4. The highest BCUT2D eigenvalue weighted by Gasteiger charge is 2.28. The van der Waals surface area contributed by atoms with Crippen molar-refractivity contribution < 1.29 is 9.53 Å². The maximum absolute atomic E-state index is 12.9. The number of amides is 2. The lowest BCUT2D eigenvalue weighted by molar-refractivity contribution is 0.0391. The molecule has 1 aromatic carbocycles. The molecule has 2 fully saturated rings. The van der Waals surface area contributed by atoms with E-state index in [9.17, 15) is 4.79 Å². The Morgan fingerprint density at radius 1 is 0.963 bits per heavy atom. The third kappa shape index (κ3) is 4.55. The number of urea groups is 1. The van der Waals surface area contributed by atoms with Crippen LogP contribution in [0, 0.1) is 0 Å². The van der Waals surface area contributed by atoms with Gasteiger partial charge in [-0.2, -0.15) is 0 Å². The molecule has 2 aliphatic heterocycles. The lowest BCUT2D eigenvalue weighted by atomic mass is 9.96. The standard InChI is InChI=1S/C21H32N4O2/c26-21(22-18-6-2-1-3-7-18)25-13-12-24(19-8-4-5-9-20(19)25)11-10-23-14-16-27-17-15-23/h4-5,8-9,18H,1-3,6-7,10-17H2,(H,22,26). The zero-order chi connectivity index (χ0) is 18.5. The number of morpholine rings is 1. The van der Waals surface area contributed by atoms with Crippen LogP contribution in [-0.2, 0) is 4.74 Å².